The van der Waals surface area contributed by atoms with Crippen LogP contribution in [-0.2, 0) is 4.79 Å². The van der Waals surface area contributed by atoms with E-state index < -0.39 is 0 Å². The van der Waals surface area contributed by atoms with Gasteiger partial charge in [-0.15, -0.1) is 0 Å². The molecule has 1 aliphatic heterocycles. The lowest BCUT2D eigenvalue weighted by molar-refractivity contribution is -0.115. The van der Waals surface area contributed by atoms with Crippen molar-refractivity contribution in [1.82, 2.24) is 0 Å². The van der Waals surface area contributed by atoms with Gasteiger partial charge >= 0.3 is 0 Å². The van der Waals surface area contributed by atoms with Crippen LogP contribution in [0.2, 0.25) is 0 Å². The predicted octanol–water partition coefficient (Wildman–Crippen LogP) is 1.47. The molecule has 0 atom stereocenters. The van der Waals surface area contributed by atoms with Gasteiger partial charge in [-0.05, 0) is 12.1 Å². The number of rotatable bonds is 0. The first kappa shape index (κ1) is 8.10. The van der Waals surface area contributed by atoms with E-state index in [2.05, 4.69) is 10.2 Å². The molecular weight excluding hydrogens is 164 g/mol. The van der Waals surface area contributed by atoms with Crippen LogP contribution in [0.1, 0.15) is 6.42 Å². The highest BCUT2D eigenvalue weighted by Crippen LogP contribution is 2.26. The Bertz CT molecular complexity index is 335. The normalized spacial score (nSPS) is 16.1. The van der Waals surface area contributed by atoms with E-state index in [1.807, 2.05) is 31.3 Å². The van der Waals surface area contributed by atoms with Crippen molar-refractivity contribution >= 4 is 17.3 Å². The Kier molecular flexibility index (Phi) is 1.93. The summed E-state index contributed by atoms with van der Waals surface area (Å²) in [5, 5.41) is 2.87. The van der Waals surface area contributed by atoms with E-state index in [9.17, 15) is 4.79 Å². The summed E-state index contributed by atoms with van der Waals surface area (Å²) in [5.74, 6) is 0.0943. The summed E-state index contributed by atoms with van der Waals surface area (Å²) in [6.07, 6.45) is 0.561. The van der Waals surface area contributed by atoms with E-state index in [0.29, 0.717) is 6.42 Å². The number of fused-ring (bicyclic) bond motifs is 1. The van der Waals surface area contributed by atoms with Gasteiger partial charge in [0.1, 0.15) is 0 Å². The minimum Gasteiger partial charge on any atom is -0.372 e. The molecule has 1 aliphatic rings. The fourth-order valence-electron chi connectivity index (χ4n) is 1.51. The number of nitrogens with one attached hydrogen (secondary N) is 1. The Morgan fingerprint density at radius 1 is 1.38 bits per heavy atom. The van der Waals surface area contributed by atoms with Crippen LogP contribution in [0.3, 0.4) is 0 Å². The standard InChI is InChI=1S/C10H12N2O/c1-12-7-6-10(13)11-8-4-2-3-5-9(8)12/h2-5H,6-7H2,1H3,(H,11,13). The SMILES string of the molecule is CN1CCC(=O)Nc2ccccc21. The van der Waals surface area contributed by atoms with Crippen LogP contribution in [0.25, 0.3) is 0 Å². The Balaban J connectivity index is 2.43. The number of hydrogen-bond donors (Lipinski definition) is 1. The molecule has 0 radical (unpaired) electrons. The van der Waals surface area contributed by atoms with Gasteiger partial charge in [-0.3, -0.25) is 4.79 Å². The van der Waals surface area contributed by atoms with Gasteiger partial charge in [0.15, 0.2) is 0 Å². The van der Waals surface area contributed by atoms with Crippen LogP contribution in [0.4, 0.5) is 11.4 Å². The summed E-state index contributed by atoms with van der Waals surface area (Å²) < 4.78 is 0. The summed E-state index contributed by atoms with van der Waals surface area (Å²) in [7, 11) is 2.00. The Hall–Kier alpha value is -1.51. The van der Waals surface area contributed by atoms with Crippen molar-refractivity contribution in [2.45, 2.75) is 6.42 Å². The second-order valence-electron chi connectivity index (χ2n) is 3.24. The molecule has 13 heavy (non-hydrogen) atoms. The number of benzene rings is 1. The zero-order valence-corrected chi connectivity index (χ0v) is 7.58. The van der Waals surface area contributed by atoms with Crippen LogP contribution in [0.15, 0.2) is 24.3 Å². The number of amides is 1. The van der Waals surface area contributed by atoms with Gasteiger partial charge in [0, 0.05) is 20.0 Å². The maximum atomic E-state index is 11.3. The fraction of sp³-hybridized carbons (Fsp3) is 0.300. The highest BCUT2D eigenvalue weighted by atomic mass is 16.1. The third kappa shape index (κ3) is 1.49. The van der Waals surface area contributed by atoms with Gasteiger partial charge in [-0.2, -0.15) is 0 Å². The molecule has 2 rings (SSSR count). The molecule has 0 unspecified atom stereocenters. The first-order valence-corrected chi connectivity index (χ1v) is 4.37. The number of para-hydroxylation sites is 2. The van der Waals surface area contributed by atoms with Gasteiger partial charge in [-0.25, -0.2) is 0 Å². The zero-order valence-electron chi connectivity index (χ0n) is 7.58. The largest absolute Gasteiger partial charge is 0.372 e. The monoisotopic (exact) mass is 176 g/mol. The summed E-state index contributed by atoms with van der Waals surface area (Å²) >= 11 is 0. The van der Waals surface area contributed by atoms with Crippen LogP contribution in [0, 0.1) is 0 Å². The molecule has 1 heterocycles. The van der Waals surface area contributed by atoms with Crippen molar-refractivity contribution < 1.29 is 4.79 Å². The molecular formula is C10H12N2O. The molecule has 0 saturated carbocycles. The molecule has 3 nitrogen and oxygen atoms in total. The fourth-order valence-corrected chi connectivity index (χ4v) is 1.51. The molecule has 1 aromatic rings. The van der Waals surface area contributed by atoms with Crippen LogP contribution >= 0.6 is 0 Å². The molecule has 0 saturated heterocycles. The summed E-state index contributed by atoms with van der Waals surface area (Å²) in [6.45, 7) is 0.781. The van der Waals surface area contributed by atoms with Crippen LogP contribution < -0.4 is 10.2 Å². The molecule has 0 aromatic heterocycles. The third-order valence-electron chi connectivity index (χ3n) is 2.26. The molecule has 1 N–H and O–H groups in total. The van der Waals surface area contributed by atoms with Gasteiger partial charge in [0.25, 0.3) is 0 Å². The van der Waals surface area contributed by atoms with Gasteiger partial charge in [0.05, 0.1) is 11.4 Å². The van der Waals surface area contributed by atoms with Crippen molar-refractivity contribution in [3.8, 4) is 0 Å². The van der Waals surface area contributed by atoms with Crippen LogP contribution in [0.5, 0.6) is 0 Å². The summed E-state index contributed by atoms with van der Waals surface area (Å²) in [5.41, 5.74) is 2.00. The van der Waals surface area contributed by atoms with Gasteiger partial charge in [0.2, 0.25) is 5.91 Å². The minimum atomic E-state index is 0.0943. The molecule has 3 heteroatoms. The highest BCUT2D eigenvalue weighted by Gasteiger charge is 2.14. The summed E-state index contributed by atoms with van der Waals surface area (Å²) in [4.78, 5) is 13.3. The molecule has 1 aromatic carbocycles. The maximum Gasteiger partial charge on any atom is 0.226 e. The Morgan fingerprint density at radius 3 is 3.00 bits per heavy atom. The van der Waals surface area contributed by atoms with Crippen molar-refractivity contribution in [1.29, 1.82) is 0 Å². The van der Waals surface area contributed by atoms with Crippen molar-refractivity contribution in [2.24, 2.45) is 0 Å². The molecule has 68 valence electrons. The van der Waals surface area contributed by atoms with Gasteiger partial charge < -0.3 is 10.2 Å². The first-order chi connectivity index (χ1) is 6.27. The number of carbonyl (C=O) groups is 1. The molecule has 0 bridgehead atoms. The zero-order chi connectivity index (χ0) is 9.26. The van der Waals surface area contributed by atoms with E-state index in [1.54, 1.807) is 0 Å². The predicted molar refractivity (Wildman–Crippen MR) is 53.0 cm³/mol. The van der Waals surface area contributed by atoms with Crippen LogP contribution in [-0.4, -0.2) is 19.5 Å². The van der Waals surface area contributed by atoms with Crippen molar-refractivity contribution in [3.05, 3.63) is 24.3 Å². The highest BCUT2D eigenvalue weighted by molar-refractivity contribution is 5.96. The number of nitrogens with zero attached hydrogens (tertiary/aromatic N) is 1. The second kappa shape index (κ2) is 3.09. The van der Waals surface area contributed by atoms with E-state index in [4.69, 9.17) is 0 Å². The van der Waals surface area contributed by atoms with E-state index in [-0.39, 0.29) is 5.91 Å². The lowest BCUT2D eigenvalue weighted by Crippen LogP contribution is -2.18. The van der Waals surface area contributed by atoms with Gasteiger partial charge in [-0.1, -0.05) is 12.1 Å². The average molecular weight is 176 g/mol. The summed E-state index contributed by atoms with van der Waals surface area (Å²) in [6, 6.07) is 7.85. The van der Waals surface area contributed by atoms with Crippen molar-refractivity contribution in [3.63, 3.8) is 0 Å². The van der Waals surface area contributed by atoms with Crippen molar-refractivity contribution in [2.75, 3.05) is 23.8 Å². The average Bonchev–Trinajstić information content (AvgIpc) is 2.27. The quantitative estimate of drug-likeness (QED) is 0.649. The Morgan fingerprint density at radius 2 is 2.15 bits per heavy atom. The topological polar surface area (TPSA) is 32.3 Å². The lowest BCUT2D eigenvalue weighted by Gasteiger charge is -2.17. The first-order valence-electron chi connectivity index (χ1n) is 4.37. The molecule has 0 aliphatic carbocycles. The number of hydrogen-bond acceptors (Lipinski definition) is 2. The Labute approximate surface area is 77.4 Å². The minimum absolute atomic E-state index is 0.0943. The molecule has 0 spiro atoms. The van der Waals surface area contributed by atoms with E-state index >= 15 is 0 Å². The molecule has 1 amide bonds. The third-order valence-corrected chi connectivity index (χ3v) is 2.26. The lowest BCUT2D eigenvalue weighted by atomic mass is 10.2. The van der Waals surface area contributed by atoms with E-state index in [0.717, 1.165) is 17.9 Å². The second-order valence-corrected chi connectivity index (χ2v) is 3.24. The number of anilines is 2. The number of carbonyl (C=O) groups excluding carboxylic acids is 1. The van der Waals surface area contributed by atoms with E-state index in [1.165, 1.54) is 0 Å². The maximum absolute atomic E-state index is 11.3. The smallest absolute Gasteiger partial charge is 0.226 e. The molecule has 0 fully saturated rings.